The van der Waals surface area contributed by atoms with Gasteiger partial charge in [-0.2, -0.15) is 4.68 Å². The van der Waals surface area contributed by atoms with E-state index < -0.39 is 18.0 Å². The molecule has 5 rings (SSSR count). The number of carbonyl (C=O) groups is 3. The number of H-pyrrole nitrogens is 1. The maximum absolute atomic E-state index is 13.2. The zero-order valence-electron chi connectivity index (χ0n) is 24.9. The summed E-state index contributed by atoms with van der Waals surface area (Å²) in [5, 5.41) is 20.2. The molecule has 0 saturated heterocycles. The van der Waals surface area contributed by atoms with E-state index in [2.05, 4.69) is 51.2 Å². The maximum atomic E-state index is 13.2. The van der Waals surface area contributed by atoms with Gasteiger partial charge in [-0.3, -0.25) is 19.9 Å². The first-order chi connectivity index (χ1) is 22.8. The molecule has 0 aliphatic carbocycles. The van der Waals surface area contributed by atoms with Crippen molar-refractivity contribution in [3.63, 3.8) is 0 Å². The third-order valence-electron chi connectivity index (χ3n) is 6.73. The number of hydrogen-bond donors (Lipinski definition) is 4. The van der Waals surface area contributed by atoms with Crippen LogP contribution in [-0.4, -0.2) is 66.7 Å². The highest BCUT2D eigenvalue weighted by atomic mass is 35.5. The number of hydrogen-bond acceptors (Lipinski definition) is 9. The van der Waals surface area contributed by atoms with Crippen molar-refractivity contribution in [2.45, 2.75) is 18.9 Å². The molecule has 2 aromatic carbocycles. The number of carbonyl (C=O) groups excluding carboxylic acids is 3. The molecule has 0 spiro atoms. The SMILES string of the molecule is COC(=O)Nc1ccc(-c2nc([C@H](CC(=O)NCCc3ccccn3)NC(=O)/C=C/c3cc(Cl)ccc3-n3cnnn3)[nH]c2Cl)cc1. The van der Waals surface area contributed by atoms with Gasteiger partial charge in [0.15, 0.2) is 0 Å². The van der Waals surface area contributed by atoms with Crippen LogP contribution < -0.4 is 16.0 Å². The summed E-state index contributed by atoms with van der Waals surface area (Å²) in [5.74, 6) is -0.565. The number of amides is 3. The molecule has 14 nitrogen and oxygen atoms in total. The fourth-order valence-corrected chi connectivity index (χ4v) is 4.91. The van der Waals surface area contributed by atoms with E-state index in [4.69, 9.17) is 23.2 Å². The average molecular weight is 676 g/mol. The van der Waals surface area contributed by atoms with Crippen LogP contribution in [0.15, 0.2) is 79.3 Å². The summed E-state index contributed by atoms with van der Waals surface area (Å²) in [7, 11) is 1.27. The van der Waals surface area contributed by atoms with Crippen LogP contribution in [0.25, 0.3) is 23.0 Å². The largest absolute Gasteiger partial charge is 0.453 e. The lowest BCUT2D eigenvalue weighted by atomic mass is 10.1. The van der Waals surface area contributed by atoms with Gasteiger partial charge in [-0.15, -0.1) is 5.10 Å². The molecule has 16 heteroatoms. The highest BCUT2D eigenvalue weighted by Gasteiger charge is 2.23. The summed E-state index contributed by atoms with van der Waals surface area (Å²) in [4.78, 5) is 49.7. The number of aromatic amines is 1. The van der Waals surface area contributed by atoms with Crippen LogP contribution in [0, 0.1) is 0 Å². The molecule has 0 bridgehead atoms. The van der Waals surface area contributed by atoms with Crippen LogP contribution in [0.4, 0.5) is 10.5 Å². The second-order valence-electron chi connectivity index (χ2n) is 9.96. The summed E-state index contributed by atoms with van der Waals surface area (Å²) >= 11 is 12.8. The Bertz CT molecular complexity index is 1860. The van der Waals surface area contributed by atoms with Gasteiger partial charge in [0.05, 0.1) is 25.3 Å². The van der Waals surface area contributed by atoms with Crippen molar-refractivity contribution >= 4 is 52.9 Å². The Kier molecular flexibility index (Phi) is 10.9. The van der Waals surface area contributed by atoms with Crippen LogP contribution in [0.3, 0.4) is 0 Å². The first-order valence-corrected chi connectivity index (χ1v) is 14.9. The fourth-order valence-electron chi connectivity index (χ4n) is 4.48. The van der Waals surface area contributed by atoms with Gasteiger partial charge < -0.3 is 20.4 Å². The number of ether oxygens (including phenoxy) is 1. The minimum atomic E-state index is -0.883. The second kappa shape index (κ2) is 15.6. The minimum Gasteiger partial charge on any atom is -0.453 e. The molecule has 1 atom stereocenters. The molecule has 5 aromatic rings. The normalized spacial score (nSPS) is 11.6. The van der Waals surface area contributed by atoms with Gasteiger partial charge in [0, 0.05) is 52.8 Å². The molecule has 0 fully saturated rings. The van der Waals surface area contributed by atoms with Crippen molar-refractivity contribution in [1.29, 1.82) is 0 Å². The van der Waals surface area contributed by atoms with Crippen LogP contribution in [0.2, 0.25) is 10.2 Å². The first kappa shape index (κ1) is 32.8. The van der Waals surface area contributed by atoms with Crippen molar-refractivity contribution in [2.24, 2.45) is 0 Å². The molecule has 240 valence electrons. The van der Waals surface area contributed by atoms with Gasteiger partial charge in [0.25, 0.3) is 0 Å². The zero-order chi connectivity index (χ0) is 33.2. The summed E-state index contributed by atoms with van der Waals surface area (Å²) in [6.07, 6.45) is 5.77. The molecule has 0 radical (unpaired) electrons. The zero-order valence-corrected chi connectivity index (χ0v) is 26.4. The third kappa shape index (κ3) is 8.99. The molecule has 47 heavy (non-hydrogen) atoms. The van der Waals surface area contributed by atoms with E-state index in [1.165, 1.54) is 24.2 Å². The number of nitrogens with zero attached hydrogens (tertiary/aromatic N) is 6. The molecular weight excluding hydrogens is 647 g/mol. The number of aromatic nitrogens is 7. The van der Waals surface area contributed by atoms with Gasteiger partial charge in [-0.25, -0.2) is 9.78 Å². The Balaban J connectivity index is 1.35. The number of anilines is 1. The Morgan fingerprint density at radius 1 is 1.09 bits per heavy atom. The highest BCUT2D eigenvalue weighted by molar-refractivity contribution is 6.32. The number of methoxy groups -OCH3 is 1. The van der Waals surface area contributed by atoms with Crippen molar-refractivity contribution < 1.29 is 19.1 Å². The van der Waals surface area contributed by atoms with Gasteiger partial charge in [-0.1, -0.05) is 41.4 Å². The van der Waals surface area contributed by atoms with Gasteiger partial charge in [0.1, 0.15) is 23.0 Å². The van der Waals surface area contributed by atoms with E-state index in [1.807, 2.05) is 18.2 Å². The van der Waals surface area contributed by atoms with Crippen molar-refractivity contribution in [1.82, 2.24) is 45.8 Å². The molecule has 3 heterocycles. The molecule has 3 aromatic heterocycles. The Morgan fingerprint density at radius 3 is 2.64 bits per heavy atom. The summed E-state index contributed by atoms with van der Waals surface area (Å²) < 4.78 is 6.06. The molecule has 0 aliphatic rings. The monoisotopic (exact) mass is 674 g/mol. The van der Waals surface area contributed by atoms with Crippen molar-refractivity contribution in [3.8, 4) is 16.9 Å². The predicted octanol–water partition coefficient (Wildman–Crippen LogP) is 4.55. The molecular formula is C31H28Cl2N10O4. The Labute approximate surface area is 278 Å². The van der Waals surface area contributed by atoms with Crippen molar-refractivity contribution in [2.75, 3.05) is 19.0 Å². The first-order valence-electron chi connectivity index (χ1n) is 14.2. The standard InChI is InChI=1S/C31H28Cl2N10O4/c1-47-31(46)37-23-9-5-19(6-10-23)28-29(33)40-30(39-28)24(17-27(45)35-15-13-22-4-2-3-14-34-22)38-26(44)12-7-20-16-21(32)8-11-25(20)43-18-36-41-42-43/h2-12,14,16,18,24H,13,15,17H2,1H3,(H,35,45)(H,37,46)(H,38,44)(H,39,40)/b12-7+/t24-/m0/s1. The fraction of sp³-hybridized carbons (Fsp3) is 0.161. The van der Waals surface area contributed by atoms with E-state index in [-0.39, 0.29) is 23.3 Å². The summed E-state index contributed by atoms with van der Waals surface area (Å²) in [6, 6.07) is 16.5. The molecule has 0 saturated carbocycles. The lowest BCUT2D eigenvalue weighted by Gasteiger charge is -2.16. The maximum Gasteiger partial charge on any atom is 0.411 e. The number of pyridine rings is 1. The lowest BCUT2D eigenvalue weighted by molar-refractivity contribution is -0.122. The van der Waals surface area contributed by atoms with Crippen LogP contribution >= 0.6 is 23.2 Å². The van der Waals surface area contributed by atoms with E-state index in [1.54, 1.807) is 54.7 Å². The number of imidazole rings is 1. The topological polar surface area (TPSA) is 182 Å². The molecule has 3 amide bonds. The molecule has 4 N–H and O–H groups in total. The summed E-state index contributed by atoms with van der Waals surface area (Å²) in [6.45, 7) is 0.348. The van der Waals surface area contributed by atoms with Crippen molar-refractivity contribution in [3.05, 3.63) is 107 Å². The summed E-state index contributed by atoms with van der Waals surface area (Å²) in [5.41, 5.74) is 3.55. The van der Waals surface area contributed by atoms with Gasteiger partial charge in [-0.05, 0) is 59.0 Å². The van der Waals surface area contributed by atoms with E-state index >= 15 is 0 Å². The lowest BCUT2D eigenvalue weighted by Crippen LogP contribution is -2.34. The van der Waals surface area contributed by atoms with Crippen LogP contribution in [-0.2, 0) is 20.7 Å². The van der Waals surface area contributed by atoms with E-state index in [0.717, 1.165) is 5.69 Å². The highest BCUT2D eigenvalue weighted by Crippen LogP contribution is 2.29. The van der Waals surface area contributed by atoms with E-state index in [0.29, 0.717) is 46.2 Å². The molecule has 0 unspecified atom stereocenters. The third-order valence-corrected chi connectivity index (χ3v) is 7.24. The van der Waals surface area contributed by atoms with E-state index in [9.17, 15) is 14.4 Å². The van der Waals surface area contributed by atoms with Crippen LogP contribution in [0.5, 0.6) is 0 Å². The smallest absolute Gasteiger partial charge is 0.411 e. The second-order valence-corrected chi connectivity index (χ2v) is 10.8. The number of tetrazole rings is 1. The number of rotatable bonds is 12. The predicted molar refractivity (Wildman–Crippen MR) is 175 cm³/mol. The number of halogens is 2. The van der Waals surface area contributed by atoms with Gasteiger partial charge >= 0.3 is 6.09 Å². The van der Waals surface area contributed by atoms with Crippen LogP contribution in [0.1, 0.15) is 29.5 Å². The van der Waals surface area contributed by atoms with Gasteiger partial charge in [0.2, 0.25) is 11.8 Å². The Morgan fingerprint density at radius 2 is 1.91 bits per heavy atom. The average Bonchev–Trinajstić information content (AvgIpc) is 3.75. The Hall–Kier alpha value is -5.60. The number of nitrogens with one attached hydrogen (secondary N) is 4. The minimum absolute atomic E-state index is 0.139. The number of benzene rings is 2. The quantitative estimate of drug-likeness (QED) is 0.138. The molecule has 0 aliphatic heterocycles.